The Morgan fingerprint density at radius 2 is 2.11 bits per heavy atom. The summed E-state index contributed by atoms with van der Waals surface area (Å²) < 4.78 is 0. The number of nitrogens with one attached hydrogen (secondary N) is 1. The van der Waals surface area contributed by atoms with Crippen molar-refractivity contribution < 1.29 is 9.90 Å². The largest absolute Gasteiger partial charge is 0.477 e. The van der Waals surface area contributed by atoms with E-state index in [-0.39, 0.29) is 0 Å². The standard InChI is InChI=1S/C15H17NO2S/c1-3-11-6-4-5-7-12(11)16-9-14-10(2)8-13(19-14)15(17)18/h4-8,16H,3,9H2,1-2H3,(H,17,18). The van der Waals surface area contributed by atoms with Crippen LogP contribution >= 0.6 is 11.3 Å². The minimum Gasteiger partial charge on any atom is -0.477 e. The number of para-hydroxylation sites is 1. The van der Waals surface area contributed by atoms with E-state index in [1.165, 1.54) is 16.9 Å². The van der Waals surface area contributed by atoms with Gasteiger partial charge in [0, 0.05) is 17.1 Å². The second kappa shape index (κ2) is 5.89. The normalized spacial score (nSPS) is 10.4. The smallest absolute Gasteiger partial charge is 0.345 e. The van der Waals surface area contributed by atoms with Crippen molar-refractivity contribution >= 4 is 23.0 Å². The van der Waals surface area contributed by atoms with Gasteiger partial charge in [0.1, 0.15) is 4.88 Å². The van der Waals surface area contributed by atoms with Crippen molar-refractivity contribution in [2.24, 2.45) is 0 Å². The van der Waals surface area contributed by atoms with Crippen LogP contribution in [0.2, 0.25) is 0 Å². The molecule has 0 bridgehead atoms. The molecule has 3 nitrogen and oxygen atoms in total. The number of aromatic carboxylic acids is 1. The average Bonchev–Trinajstić information content (AvgIpc) is 2.78. The van der Waals surface area contributed by atoms with E-state index in [9.17, 15) is 4.79 Å². The lowest BCUT2D eigenvalue weighted by atomic mass is 10.1. The number of hydrogen-bond acceptors (Lipinski definition) is 3. The Kier molecular flexibility index (Phi) is 4.22. The summed E-state index contributed by atoms with van der Waals surface area (Å²) in [6.07, 6.45) is 0.979. The molecule has 2 rings (SSSR count). The molecular weight excluding hydrogens is 258 g/mol. The van der Waals surface area contributed by atoms with Crippen molar-refractivity contribution in [2.45, 2.75) is 26.8 Å². The molecule has 1 aromatic carbocycles. The summed E-state index contributed by atoms with van der Waals surface area (Å²) in [5.74, 6) is -0.853. The number of aryl methyl sites for hydroxylation is 2. The number of thiophene rings is 1. The van der Waals surface area contributed by atoms with Gasteiger partial charge in [-0.3, -0.25) is 0 Å². The molecule has 100 valence electrons. The highest BCUT2D eigenvalue weighted by molar-refractivity contribution is 7.14. The first-order valence-electron chi connectivity index (χ1n) is 6.26. The molecule has 0 saturated carbocycles. The maximum Gasteiger partial charge on any atom is 0.345 e. The fourth-order valence-electron chi connectivity index (χ4n) is 1.98. The summed E-state index contributed by atoms with van der Waals surface area (Å²) in [5.41, 5.74) is 3.42. The SMILES string of the molecule is CCc1ccccc1NCc1sc(C(=O)O)cc1C. The quantitative estimate of drug-likeness (QED) is 0.869. The van der Waals surface area contributed by atoms with Crippen molar-refractivity contribution in [3.63, 3.8) is 0 Å². The molecule has 0 radical (unpaired) electrons. The van der Waals surface area contributed by atoms with Gasteiger partial charge in [0.15, 0.2) is 0 Å². The molecule has 2 aromatic rings. The van der Waals surface area contributed by atoms with E-state index in [4.69, 9.17) is 5.11 Å². The van der Waals surface area contributed by atoms with E-state index in [1.807, 2.05) is 19.1 Å². The van der Waals surface area contributed by atoms with Gasteiger partial charge in [-0.25, -0.2) is 4.79 Å². The molecule has 2 N–H and O–H groups in total. The summed E-state index contributed by atoms with van der Waals surface area (Å²) in [6.45, 7) is 4.74. The van der Waals surface area contributed by atoms with E-state index in [1.54, 1.807) is 6.07 Å². The van der Waals surface area contributed by atoms with Gasteiger partial charge in [-0.2, -0.15) is 0 Å². The Bertz CT molecular complexity index is 590. The molecule has 0 spiro atoms. The fraction of sp³-hybridized carbons (Fsp3) is 0.267. The average molecular weight is 275 g/mol. The highest BCUT2D eigenvalue weighted by Crippen LogP contribution is 2.24. The van der Waals surface area contributed by atoms with Gasteiger partial charge in [-0.05, 0) is 36.6 Å². The van der Waals surface area contributed by atoms with Crippen LogP contribution in [-0.2, 0) is 13.0 Å². The number of hydrogen-bond donors (Lipinski definition) is 2. The molecule has 1 heterocycles. The zero-order chi connectivity index (χ0) is 13.8. The van der Waals surface area contributed by atoms with Crippen molar-refractivity contribution in [3.05, 3.63) is 51.2 Å². The number of rotatable bonds is 5. The zero-order valence-corrected chi connectivity index (χ0v) is 11.9. The lowest BCUT2D eigenvalue weighted by Crippen LogP contribution is -2.01. The van der Waals surface area contributed by atoms with Crippen LogP contribution in [-0.4, -0.2) is 11.1 Å². The molecule has 0 fully saturated rings. The molecule has 0 unspecified atom stereocenters. The van der Waals surface area contributed by atoms with Crippen LogP contribution in [0, 0.1) is 6.92 Å². The second-order valence-electron chi connectivity index (χ2n) is 4.39. The summed E-state index contributed by atoms with van der Waals surface area (Å²) in [4.78, 5) is 12.4. The van der Waals surface area contributed by atoms with Crippen molar-refractivity contribution in [1.29, 1.82) is 0 Å². The second-order valence-corrected chi connectivity index (χ2v) is 5.52. The van der Waals surface area contributed by atoms with Crippen LogP contribution in [0.25, 0.3) is 0 Å². The summed E-state index contributed by atoms with van der Waals surface area (Å²) in [7, 11) is 0. The van der Waals surface area contributed by atoms with E-state index < -0.39 is 5.97 Å². The van der Waals surface area contributed by atoms with Gasteiger partial charge in [-0.15, -0.1) is 11.3 Å². The molecule has 0 saturated heterocycles. The number of benzene rings is 1. The Balaban J connectivity index is 2.12. The van der Waals surface area contributed by atoms with E-state index in [0.717, 1.165) is 22.5 Å². The first kappa shape index (κ1) is 13.6. The lowest BCUT2D eigenvalue weighted by Gasteiger charge is -2.10. The van der Waals surface area contributed by atoms with Gasteiger partial charge < -0.3 is 10.4 Å². The van der Waals surface area contributed by atoms with Crippen LogP contribution in [0.4, 0.5) is 5.69 Å². The van der Waals surface area contributed by atoms with Gasteiger partial charge in [-0.1, -0.05) is 25.1 Å². The van der Waals surface area contributed by atoms with Crippen LogP contribution in [0.15, 0.2) is 30.3 Å². The number of carbonyl (C=O) groups is 1. The number of carboxylic acids is 1. The molecular formula is C15H17NO2S. The van der Waals surface area contributed by atoms with Crippen LogP contribution in [0.1, 0.15) is 32.6 Å². The minimum atomic E-state index is -0.853. The summed E-state index contributed by atoms with van der Waals surface area (Å²) in [6, 6.07) is 9.93. The van der Waals surface area contributed by atoms with Crippen molar-refractivity contribution in [3.8, 4) is 0 Å². The van der Waals surface area contributed by atoms with E-state index in [2.05, 4.69) is 24.4 Å². The molecule has 0 aliphatic carbocycles. The molecule has 0 atom stereocenters. The summed E-state index contributed by atoms with van der Waals surface area (Å²) >= 11 is 1.34. The Hall–Kier alpha value is -1.81. The Morgan fingerprint density at radius 3 is 2.74 bits per heavy atom. The number of anilines is 1. The highest BCUT2D eigenvalue weighted by atomic mass is 32.1. The van der Waals surface area contributed by atoms with Gasteiger partial charge in [0.2, 0.25) is 0 Å². The maximum atomic E-state index is 10.9. The molecule has 0 aliphatic heterocycles. The van der Waals surface area contributed by atoms with E-state index in [0.29, 0.717) is 11.4 Å². The Labute approximate surface area is 116 Å². The third kappa shape index (κ3) is 3.15. The van der Waals surface area contributed by atoms with Crippen molar-refractivity contribution in [2.75, 3.05) is 5.32 Å². The first-order chi connectivity index (χ1) is 9.11. The Morgan fingerprint density at radius 1 is 1.37 bits per heavy atom. The predicted molar refractivity (Wildman–Crippen MR) is 79.2 cm³/mol. The van der Waals surface area contributed by atoms with Crippen molar-refractivity contribution in [1.82, 2.24) is 0 Å². The first-order valence-corrected chi connectivity index (χ1v) is 7.07. The van der Waals surface area contributed by atoms with Crippen LogP contribution < -0.4 is 5.32 Å². The maximum absolute atomic E-state index is 10.9. The molecule has 4 heteroatoms. The molecule has 1 aromatic heterocycles. The minimum absolute atomic E-state index is 0.401. The van der Waals surface area contributed by atoms with Crippen LogP contribution in [0.5, 0.6) is 0 Å². The monoisotopic (exact) mass is 275 g/mol. The third-order valence-electron chi connectivity index (χ3n) is 3.07. The predicted octanol–water partition coefficient (Wildman–Crippen LogP) is 3.93. The third-order valence-corrected chi connectivity index (χ3v) is 4.29. The lowest BCUT2D eigenvalue weighted by molar-refractivity contribution is 0.0702. The topological polar surface area (TPSA) is 49.3 Å². The van der Waals surface area contributed by atoms with Gasteiger partial charge in [0.05, 0.1) is 0 Å². The van der Waals surface area contributed by atoms with Gasteiger partial charge in [0.25, 0.3) is 0 Å². The fourth-order valence-corrected chi connectivity index (χ4v) is 2.93. The highest BCUT2D eigenvalue weighted by Gasteiger charge is 2.11. The molecule has 0 aliphatic rings. The molecule has 0 amide bonds. The zero-order valence-electron chi connectivity index (χ0n) is 11.1. The van der Waals surface area contributed by atoms with E-state index >= 15 is 0 Å². The van der Waals surface area contributed by atoms with Crippen LogP contribution in [0.3, 0.4) is 0 Å². The van der Waals surface area contributed by atoms with Gasteiger partial charge >= 0.3 is 5.97 Å². The number of carboxylic acid groups (broad SMARTS) is 1. The molecule has 19 heavy (non-hydrogen) atoms. The summed E-state index contributed by atoms with van der Waals surface area (Å²) in [5, 5.41) is 12.4.